The van der Waals surface area contributed by atoms with E-state index in [1.54, 1.807) is 8.61 Å². The predicted molar refractivity (Wildman–Crippen MR) is 84.3 cm³/mol. The molecule has 2 heterocycles. The molecule has 122 valence electrons. The van der Waals surface area contributed by atoms with Gasteiger partial charge in [0.1, 0.15) is 0 Å². The molecule has 5 nitrogen and oxygen atoms in total. The maximum absolute atomic E-state index is 13.0. The minimum absolute atomic E-state index is 0.151. The van der Waals surface area contributed by atoms with Gasteiger partial charge in [-0.15, -0.1) is 0 Å². The Balaban J connectivity index is 1.70. The summed E-state index contributed by atoms with van der Waals surface area (Å²) in [5.41, 5.74) is 0. The lowest BCUT2D eigenvalue weighted by molar-refractivity contribution is 0.199. The van der Waals surface area contributed by atoms with Gasteiger partial charge in [0.2, 0.25) is 0 Å². The molecule has 2 aliphatic heterocycles. The number of nitrogens with zero attached hydrogens (tertiary/aromatic N) is 2. The zero-order valence-electron chi connectivity index (χ0n) is 13.1. The van der Waals surface area contributed by atoms with Crippen molar-refractivity contribution in [2.24, 2.45) is 0 Å². The van der Waals surface area contributed by atoms with Crippen molar-refractivity contribution in [1.29, 1.82) is 0 Å². The molecule has 0 radical (unpaired) electrons. The van der Waals surface area contributed by atoms with E-state index in [0.717, 1.165) is 45.1 Å². The van der Waals surface area contributed by atoms with Gasteiger partial charge >= 0.3 is 0 Å². The van der Waals surface area contributed by atoms with E-state index in [4.69, 9.17) is 0 Å². The van der Waals surface area contributed by atoms with Gasteiger partial charge in [-0.3, -0.25) is 0 Å². The lowest BCUT2D eigenvalue weighted by Crippen LogP contribution is -2.56. The Bertz CT molecular complexity index is 450. The van der Waals surface area contributed by atoms with Crippen molar-refractivity contribution in [1.82, 2.24) is 13.9 Å². The van der Waals surface area contributed by atoms with E-state index < -0.39 is 10.2 Å². The van der Waals surface area contributed by atoms with E-state index in [9.17, 15) is 8.42 Å². The van der Waals surface area contributed by atoms with Crippen LogP contribution in [0.15, 0.2) is 0 Å². The molecule has 0 bridgehead atoms. The van der Waals surface area contributed by atoms with Gasteiger partial charge in [-0.1, -0.05) is 12.8 Å². The molecule has 0 aromatic heterocycles. The van der Waals surface area contributed by atoms with E-state index in [-0.39, 0.29) is 12.1 Å². The fourth-order valence-electron chi connectivity index (χ4n) is 3.62. The van der Waals surface area contributed by atoms with Gasteiger partial charge < -0.3 is 5.32 Å². The van der Waals surface area contributed by atoms with Crippen LogP contribution in [0.2, 0.25) is 0 Å². The van der Waals surface area contributed by atoms with Crippen LogP contribution in [-0.4, -0.2) is 54.8 Å². The lowest BCUT2D eigenvalue weighted by Gasteiger charge is -2.41. The first-order valence-corrected chi connectivity index (χ1v) is 10.0. The smallest absolute Gasteiger partial charge is 0.282 e. The standard InChI is InChI=1S/C15H29N3O2S/c1-13-6-2-4-10-17(13)21(19,20)18-11-5-3-7-15(18)12-16-14-8-9-14/h13-16H,2-12H2,1H3. The summed E-state index contributed by atoms with van der Waals surface area (Å²) in [6.07, 6.45) is 8.81. The third-order valence-electron chi connectivity index (χ3n) is 5.13. The molecule has 1 aliphatic carbocycles. The van der Waals surface area contributed by atoms with Crippen LogP contribution >= 0.6 is 0 Å². The Morgan fingerprint density at radius 1 is 0.952 bits per heavy atom. The van der Waals surface area contributed by atoms with E-state index >= 15 is 0 Å². The molecule has 2 atom stereocenters. The van der Waals surface area contributed by atoms with Crippen LogP contribution < -0.4 is 5.32 Å². The fraction of sp³-hybridized carbons (Fsp3) is 1.00. The van der Waals surface area contributed by atoms with Crippen molar-refractivity contribution in [3.63, 3.8) is 0 Å². The highest BCUT2D eigenvalue weighted by atomic mass is 32.2. The van der Waals surface area contributed by atoms with Crippen LogP contribution in [0.1, 0.15) is 58.3 Å². The van der Waals surface area contributed by atoms with Gasteiger partial charge in [-0.2, -0.15) is 17.0 Å². The molecular formula is C15H29N3O2S. The van der Waals surface area contributed by atoms with Crippen molar-refractivity contribution in [2.75, 3.05) is 19.6 Å². The highest BCUT2D eigenvalue weighted by Crippen LogP contribution is 2.28. The van der Waals surface area contributed by atoms with Crippen LogP contribution in [-0.2, 0) is 10.2 Å². The minimum Gasteiger partial charge on any atom is -0.312 e. The predicted octanol–water partition coefficient (Wildman–Crippen LogP) is 1.71. The van der Waals surface area contributed by atoms with Crippen LogP contribution in [0.5, 0.6) is 0 Å². The first-order chi connectivity index (χ1) is 10.1. The molecule has 0 aromatic carbocycles. The fourth-order valence-corrected chi connectivity index (χ4v) is 5.73. The number of rotatable bonds is 5. The van der Waals surface area contributed by atoms with E-state index in [2.05, 4.69) is 12.2 Å². The summed E-state index contributed by atoms with van der Waals surface area (Å²) in [4.78, 5) is 0. The lowest BCUT2D eigenvalue weighted by atomic mass is 10.1. The summed E-state index contributed by atoms with van der Waals surface area (Å²) in [6.45, 7) is 4.27. The van der Waals surface area contributed by atoms with Gasteiger partial charge in [0.25, 0.3) is 10.2 Å². The van der Waals surface area contributed by atoms with Gasteiger partial charge in [0.05, 0.1) is 0 Å². The van der Waals surface area contributed by atoms with Gasteiger partial charge in [-0.25, -0.2) is 0 Å². The topological polar surface area (TPSA) is 52.7 Å². The van der Waals surface area contributed by atoms with E-state index in [0.29, 0.717) is 19.1 Å². The first kappa shape index (κ1) is 15.7. The average molecular weight is 315 g/mol. The number of hydrogen-bond donors (Lipinski definition) is 1. The Hall–Kier alpha value is -0.170. The van der Waals surface area contributed by atoms with Gasteiger partial charge in [0.15, 0.2) is 0 Å². The summed E-state index contributed by atoms with van der Waals surface area (Å²) in [6, 6.07) is 0.951. The van der Waals surface area contributed by atoms with Crippen LogP contribution in [0.25, 0.3) is 0 Å². The monoisotopic (exact) mass is 315 g/mol. The Kier molecular flexibility index (Phi) is 4.88. The van der Waals surface area contributed by atoms with Crippen LogP contribution in [0.4, 0.5) is 0 Å². The molecule has 3 aliphatic rings. The molecule has 0 spiro atoms. The Labute approximate surface area is 129 Å². The molecule has 0 aromatic rings. The summed E-state index contributed by atoms with van der Waals surface area (Å²) in [5.74, 6) is 0. The van der Waals surface area contributed by atoms with Crippen LogP contribution in [0, 0.1) is 0 Å². The second-order valence-electron chi connectivity index (χ2n) is 6.91. The summed E-state index contributed by atoms with van der Waals surface area (Å²) in [7, 11) is -3.28. The van der Waals surface area contributed by atoms with Crippen molar-refractivity contribution < 1.29 is 8.42 Å². The van der Waals surface area contributed by atoms with Crippen LogP contribution in [0.3, 0.4) is 0 Å². The number of nitrogens with one attached hydrogen (secondary N) is 1. The van der Waals surface area contributed by atoms with Crippen molar-refractivity contribution >= 4 is 10.2 Å². The summed E-state index contributed by atoms with van der Waals surface area (Å²) in [5, 5.41) is 3.52. The van der Waals surface area contributed by atoms with Crippen molar-refractivity contribution in [2.45, 2.75) is 76.4 Å². The van der Waals surface area contributed by atoms with E-state index in [1.165, 1.54) is 12.8 Å². The normalized spacial score (nSPS) is 33.2. The zero-order valence-corrected chi connectivity index (χ0v) is 13.9. The second kappa shape index (κ2) is 6.52. The average Bonchev–Trinajstić information content (AvgIpc) is 3.30. The largest absolute Gasteiger partial charge is 0.312 e. The summed E-state index contributed by atoms with van der Waals surface area (Å²) < 4.78 is 29.6. The molecular weight excluding hydrogens is 286 g/mol. The molecule has 1 saturated carbocycles. The molecule has 2 saturated heterocycles. The second-order valence-corrected chi connectivity index (χ2v) is 8.74. The SMILES string of the molecule is CC1CCCCN1S(=O)(=O)N1CCCCC1CNC1CC1. The molecule has 6 heteroatoms. The Morgan fingerprint density at radius 3 is 2.29 bits per heavy atom. The van der Waals surface area contributed by atoms with Crippen molar-refractivity contribution in [3.05, 3.63) is 0 Å². The summed E-state index contributed by atoms with van der Waals surface area (Å²) >= 11 is 0. The van der Waals surface area contributed by atoms with Gasteiger partial charge in [-0.05, 0) is 45.4 Å². The first-order valence-electron chi connectivity index (χ1n) is 8.61. The molecule has 1 N–H and O–H groups in total. The highest BCUT2D eigenvalue weighted by Gasteiger charge is 2.39. The Morgan fingerprint density at radius 2 is 1.62 bits per heavy atom. The number of piperidine rings is 2. The van der Waals surface area contributed by atoms with E-state index in [1.807, 2.05) is 0 Å². The highest BCUT2D eigenvalue weighted by molar-refractivity contribution is 7.86. The molecule has 2 unspecified atom stereocenters. The molecule has 21 heavy (non-hydrogen) atoms. The zero-order chi connectivity index (χ0) is 14.9. The number of hydrogen-bond acceptors (Lipinski definition) is 3. The van der Waals surface area contributed by atoms with Crippen molar-refractivity contribution in [3.8, 4) is 0 Å². The molecule has 0 amide bonds. The maximum atomic E-state index is 13.0. The maximum Gasteiger partial charge on any atom is 0.282 e. The van der Waals surface area contributed by atoms with Gasteiger partial charge in [0, 0.05) is 37.8 Å². The molecule has 3 fully saturated rings. The third kappa shape index (κ3) is 3.60. The molecule has 3 rings (SSSR count). The quantitative estimate of drug-likeness (QED) is 0.840. The minimum atomic E-state index is -3.28. The third-order valence-corrected chi connectivity index (χ3v) is 7.34.